The molecular weight excluding hydrogens is 323 g/mol. The number of rotatable bonds is 5. The van der Waals surface area contributed by atoms with Gasteiger partial charge in [-0.3, -0.25) is 4.79 Å². The van der Waals surface area contributed by atoms with Crippen LogP contribution in [0.2, 0.25) is 0 Å². The van der Waals surface area contributed by atoms with Crippen molar-refractivity contribution in [2.75, 3.05) is 0 Å². The van der Waals surface area contributed by atoms with Gasteiger partial charge in [0.1, 0.15) is 11.6 Å². The first-order valence-electron chi connectivity index (χ1n) is 6.32. The first kappa shape index (κ1) is 14.7. The van der Waals surface area contributed by atoms with Gasteiger partial charge in [-0.15, -0.1) is 0 Å². The van der Waals surface area contributed by atoms with Crippen LogP contribution in [0, 0.1) is 5.82 Å². The highest BCUT2D eigenvalue weighted by Crippen LogP contribution is 2.23. The number of ether oxygens (including phenoxy) is 1. The molecule has 1 atom stereocenters. The Bertz CT molecular complexity index is 599. The quantitative estimate of drug-likeness (QED) is 0.744. The van der Waals surface area contributed by atoms with Crippen LogP contribution in [0.25, 0.3) is 0 Å². The molecule has 4 heteroatoms. The molecule has 0 amide bonds. The van der Waals surface area contributed by atoms with E-state index in [-0.39, 0.29) is 5.78 Å². The van der Waals surface area contributed by atoms with E-state index in [2.05, 4.69) is 15.9 Å². The summed E-state index contributed by atoms with van der Waals surface area (Å²) >= 11 is 3.08. The topological polar surface area (TPSA) is 26.3 Å². The van der Waals surface area contributed by atoms with E-state index in [1.165, 1.54) is 6.07 Å². The van der Waals surface area contributed by atoms with Crippen LogP contribution in [-0.2, 0) is 0 Å². The predicted octanol–water partition coefficient (Wildman–Crippen LogP) is 4.63. The Kier molecular flexibility index (Phi) is 4.90. The lowest BCUT2D eigenvalue weighted by molar-refractivity contribution is 0.0786. The Morgan fingerprint density at radius 2 is 1.95 bits per heavy atom. The van der Waals surface area contributed by atoms with E-state index in [1.54, 1.807) is 36.4 Å². The zero-order chi connectivity index (χ0) is 14.5. The highest BCUT2D eigenvalue weighted by Gasteiger charge is 2.20. The summed E-state index contributed by atoms with van der Waals surface area (Å²) in [5.74, 6) is -0.164. The standard InChI is InChI=1S/C16H14BrFO2/c1-2-15(16(19)11-6-4-3-5-7-11)20-12-8-9-13(17)14(18)10-12/h3-10,15H,2H2,1H3. The average Bonchev–Trinajstić information content (AvgIpc) is 2.48. The molecule has 0 spiro atoms. The molecular formula is C16H14BrFO2. The van der Waals surface area contributed by atoms with Crippen LogP contribution in [0.5, 0.6) is 5.75 Å². The molecule has 0 fully saturated rings. The van der Waals surface area contributed by atoms with Gasteiger partial charge in [0.05, 0.1) is 4.47 Å². The van der Waals surface area contributed by atoms with Gasteiger partial charge < -0.3 is 4.74 Å². The van der Waals surface area contributed by atoms with Gasteiger partial charge in [0.15, 0.2) is 6.10 Å². The molecule has 0 bridgehead atoms. The maximum absolute atomic E-state index is 13.4. The van der Waals surface area contributed by atoms with Crippen LogP contribution >= 0.6 is 15.9 Å². The molecule has 2 rings (SSSR count). The number of carbonyl (C=O) groups is 1. The third kappa shape index (κ3) is 3.45. The van der Waals surface area contributed by atoms with Crippen LogP contribution in [0.1, 0.15) is 23.7 Å². The molecule has 2 aromatic carbocycles. The lowest BCUT2D eigenvalue weighted by Crippen LogP contribution is -2.26. The fourth-order valence-electron chi connectivity index (χ4n) is 1.82. The van der Waals surface area contributed by atoms with E-state index in [9.17, 15) is 9.18 Å². The molecule has 0 aliphatic heterocycles. The number of hydrogen-bond donors (Lipinski definition) is 0. The van der Waals surface area contributed by atoms with Gasteiger partial charge in [-0.1, -0.05) is 37.3 Å². The molecule has 0 aromatic heterocycles. The van der Waals surface area contributed by atoms with E-state index in [1.807, 2.05) is 13.0 Å². The van der Waals surface area contributed by atoms with Crippen molar-refractivity contribution >= 4 is 21.7 Å². The summed E-state index contributed by atoms with van der Waals surface area (Å²) in [5, 5.41) is 0. The van der Waals surface area contributed by atoms with Crippen molar-refractivity contribution in [1.82, 2.24) is 0 Å². The summed E-state index contributed by atoms with van der Waals surface area (Å²) < 4.78 is 19.4. The number of halogens is 2. The fraction of sp³-hybridized carbons (Fsp3) is 0.188. The number of ketones is 1. The van der Waals surface area contributed by atoms with Crippen molar-refractivity contribution < 1.29 is 13.9 Å². The van der Waals surface area contributed by atoms with Gasteiger partial charge in [-0.05, 0) is 34.5 Å². The first-order chi connectivity index (χ1) is 9.61. The van der Waals surface area contributed by atoms with Gasteiger partial charge in [-0.25, -0.2) is 4.39 Å². The van der Waals surface area contributed by atoms with Crippen molar-refractivity contribution in [1.29, 1.82) is 0 Å². The fourth-order valence-corrected chi connectivity index (χ4v) is 2.07. The number of carbonyl (C=O) groups excluding carboxylic acids is 1. The average molecular weight is 337 g/mol. The summed E-state index contributed by atoms with van der Waals surface area (Å²) in [7, 11) is 0. The Labute approximate surface area is 125 Å². The summed E-state index contributed by atoms with van der Waals surface area (Å²) in [6.45, 7) is 1.86. The second kappa shape index (κ2) is 6.66. The van der Waals surface area contributed by atoms with Crippen molar-refractivity contribution in [2.24, 2.45) is 0 Å². The van der Waals surface area contributed by atoms with Crippen LogP contribution < -0.4 is 4.74 Å². The summed E-state index contributed by atoms with van der Waals surface area (Å²) in [4.78, 5) is 12.3. The van der Waals surface area contributed by atoms with Gasteiger partial charge >= 0.3 is 0 Å². The zero-order valence-electron chi connectivity index (χ0n) is 11.0. The molecule has 0 radical (unpaired) electrons. The Morgan fingerprint density at radius 1 is 1.25 bits per heavy atom. The molecule has 1 unspecified atom stereocenters. The normalized spacial score (nSPS) is 11.9. The molecule has 0 saturated heterocycles. The Morgan fingerprint density at radius 3 is 2.55 bits per heavy atom. The van der Waals surface area contributed by atoms with Gasteiger partial charge in [0.2, 0.25) is 5.78 Å². The Balaban J connectivity index is 2.16. The monoisotopic (exact) mass is 336 g/mol. The second-order valence-corrected chi connectivity index (χ2v) is 5.18. The minimum atomic E-state index is -0.613. The summed E-state index contributed by atoms with van der Waals surface area (Å²) in [6.07, 6.45) is -0.0937. The number of benzene rings is 2. The van der Waals surface area contributed by atoms with E-state index in [0.29, 0.717) is 22.2 Å². The van der Waals surface area contributed by atoms with E-state index in [0.717, 1.165) is 0 Å². The van der Waals surface area contributed by atoms with Crippen LogP contribution in [-0.4, -0.2) is 11.9 Å². The zero-order valence-corrected chi connectivity index (χ0v) is 12.6. The SMILES string of the molecule is CCC(Oc1ccc(Br)c(F)c1)C(=O)c1ccccc1. The predicted molar refractivity (Wildman–Crippen MR) is 79.6 cm³/mol. The third-order valence-electron chi connectivity index (χ3n) is 2.89. The van der Waals surface area contributed by atoms with Gasteiger partial charge in [-0.2, -0.15) is 0 Å². The van der Waals surface area contributed by atoms with Crippen LogP contribution in [0.3, 0.4) is 0 Å². The molecule has 0 saturated carbocycles. The molecule has 0 heterocycles. The van der Waals surface area contributed by atoms with Crippen LogP contribution in [0.4, 0.5) is 4.39 Å². The van der Waals surface area contributed by atoms with Crippen molar-refractivity contribution in [3.8, 4) is 5.75 Å². The summed E-state index contributed by atoms with van der Waals surface area (Å²) in [5.41, 5.74) is 0.594. The van der Waals surface area contributed by atoms with E-state index < -0.39 is 11.9 Å². The molecule has 104 valence electrons. The first-order valence-corrected chi connectivity index (χ1v) is 7.12. The highest BCUT2D eigenvalue weighted by atomic mass is 79.9. The minimum Gasteiger partial charge on any atom is -0.482 e. The largest absolute Gasteiger partial charge is 0.482 e. The maximum atomic E-state index is 13.4. The second-order valence-electron chi connectivity index (χ2n) is 4.32. The van der Waals surface area contributed by atoms with Crippen molar-refractivity contribution in [3.63, 3.8) is 0 Å². The molecule has 2 aromatic rings. The number of Topliss-reactive ketones (excluding diaryl/α,β-unsaturated/α-hetero) is 1. The smallest absolute Gasteiger partial charge is 0.203 e. The van der Waals surface area contributed by atoms with Crippen molar-refractivity contribution in [2.45, 2.75) is 19.4 Å². The minimum absolute atomic E-state index is 0.101. The molecule has 0 aliphatic carbocycles. The highest BCUT2D eigenvalue weighted by molar-refractivity contribution is 9.10. The lowest BCUT2D eigenvalue weighted by atomic mass is 10.0. The maximum Gasteiger partial charge on any atom is 0.203 e. The summed E-state index contributed by atoms with van der Waals surface area (Å²) in [6, 6.07) is 13.4. The molecule has 0 N–H and O–H groups in total. The van der Waals surface area contributed by atoms with E-state index >= 15 is 0 Å². The number of hydrogen-bond acceptors (Lipinski definition) is 2. The van der Waals surface area contributed by atoms with Crippen LogP contribution in [0.15, 0.2) is 53.0 Å². The lowest BCUT2D eigenvalue weighted by Gasteiger charge is -2.16. The van der Waals surface area contributed by atoms with E-state index in [4.69, 9.17) is 4.74 Å². The van der Waals surface area contributed by atoms with Gasteiger partial charge in [0, 0.05) is 11.6 Å². The molecule has 0 aliphatic rings. The molecule has 2 nitrogen and oxygen atoms in total. The molecule has 20 heavy (non-hydrogen) atoms. The Hall–Kier alpha value is -1.68. The van der Waals surface area contributed by atoms with Gasteiger partial charge in [0.25, 0.3) is 0 Å². The third-order valence-corrected chi connectivity index (χ3v) is 3.53. The van der Waals surface area contributed by atoms with Crippen molar-refractivity contribution in [3.05, 3.63) is 64.4 Å².